The summed E-state index contributed by atoms with van der Waals surface area (Å²) in [5.74, 6) is -2.03. The molecule has 0 saturated heterocycles. The molecular weight excluding hydrogens is 450 g/mol. The van der Waals surface area contributed by atoms with Crippen LogP contribution in [0.2, 0.25) is 0 Å². The highest BCUT2D eigenvalue weighted by Crippen LogP contribution is 2.16. The number of carbonyl (C=O) groups is 2. The third-order valence-electron chi connectivity index (χ3n) is 3.97. The molecule has 11 N–H and O–H groups in total. The van der Waals surface area contributed by atoms with Crippen LogP contribution in [0.4, 0.5) is 0 Å². The Balaban J connectivity index is 2.65. The lowest BCUT2D eigenvalue weighted by atomic mass is 10.1. The number of carboxylic acids is 1. The SMILES string of the molecule is CC(=O)NC(CC[C@H](N)c1nnc(CNS(=O)(=O)N[C@H](C(=O)O)C(C)O)o1)CN=C(N)N. The molecule has 0 saturated carbocycles. The number of aromatic nitrogens is 2. The van der Waals surface area contributed by atoms with Gasteiger partial charge in [0.1, 0.15) is 6.04 Å². The predicted molar refractivity (Wildman–Crippen MR) is 111 cm³/mol. The monoisotopic (exact) mass is 479 g/mol. The smallest absolute Gasteiger partial charge is 0.324 e. The number of rotatable bonds is 14. The quantitative estimate of drug-likeness (QED) is 0.0948. The van der Waals surface area contributed by atoms with Gasteiger partial charge in [-0.15, -0.1) is 10.2 Å². The Morgan fingerprint density at radius 1 is 1.25 bits per heavy atom. The van der Waals surface area contributed by atoms with Gasteiger partial charge in [-0.05, 0) is 19.8 Å². The number of carboxylic acid groups (broad SMARTS) is 1. The minimum atomic E-state index is -4.30. The van der Waals surface area contributed by atoms with Crippen LogP contribution in [0.3, 0.4) is 0 Å². The number of aliphatic hydroxyl groups is 1. The van der Waals surface area contributed by atoms with Gasteiger partial charge in [-0.3, -0.25) is 14.6 Å². The summed E-state index contributed by atoms with van der Waals surface area (Å²) >= 11 is 0. The van der Waals surface area contributed by atoms with E-state index in [0.717, 1.165) is 6.92 Å². The highest BCUT2D eigenvalue weighted by molar-refractivity contribution is 7.87. The highest BCUT2D eigenvalue weighted by atomic mass is 32.2. The zero-order valence-electron chi connectivity index (χ0n) is 17.6. The van der Waals surface area contributed by atoms with Crippen LogP contribution in [0.1, 0.15) is 44.5 Å². The molecule has 1 aromatic rings. The van der Waals surface area contributed by atoms with E-state index in [0.29, 0.717) is 12.8 Å². The van der Waals surface area contributed by atoms with Gasteiger partial charge in [0.15, 0.2) is 5.96 Å². The summed E-state index contributed by atoms with van der Waals surface area (Å²) in [5, 5.41) is 28.4. The average molecular weight is 480 g/mol. The molecule has 0 aliphatic rings. The molecule has 0 fully saturated rings. The third-order valence-corrected chi connectivity index (χ3v) is 5.06. The lowest BCUT2D eigenvalue weighted by molar-refractivity contribution is -0.141. The maximum Gasteiger partial charge on any atom is 0.324 e. The van der Waals surface area contributed by atoms with E-state index in [1.807, 2.05) is 4.72 Å². The van der Waals surface area contributed by atoms with Crippen LogP contribution in [0.25, 0.3) is 0 Å². The fourth-order valence-electron chi connectivity index (χ4n) is 2.43. The molecule has 2 unspecified atom stereocenters. The number of nitrogens with two attached hydrogens (primary N) is 3. The maximum absolute atomic E-state index is 12.0. The zero-order chi connectivity index (χ0) is 24.5. The van der Waals surface area contributed by atoms with Crippen LogP contribution in [-0.4, -0.2) is 71.4 Å². The van der Waals surface area contributed by atoms with Crippen molar-refractivity contribution in [2.75, 3.05) is 6.54 Å². The average Bonchev–Trinajstić information content (AvgIpc) is 3.15. The summed E-state index contributed by atoms with van der Waals surface area (Å²) < 4.78 is 33.1. The second-order valence-electron chi connectivity index (χ2n) is 6.88. The van der Waals surface area contributed by atoms with E-state index in [-0.39, 0.29) is 36.2 Å². The molecule has 182 valence electrons. The third kappa shape index (κ3) is 9.96. The van der Waals surface area contributed by atoms with Crippen molar-refractivity contribution in [1.82, 2.24) is 25.0 Å². The van der Waals surface area contributed by atoms with Gasteiger partial charge >= 0.3 is 5.97 Å². The Kier molecular flexibility index (Phi) is 10.4. The second kappa shape index (κ2) is 12.2. The predicted octanol–water partition coefficient (Wildman–Crippen LogP) is -3.61. The Bertz CT molecular complexity index is 899. The van der Waals surface area contributed by atoms with Gasteiger partial charge in [-0.1, -0.05) is 0 Å². The number of aliphatic hydroxyl groups excluding tert-OH is 1. The number of carbonyl (C=O) groups excluding carboxylic acids is 1. The molecule has 0 aromatic carbocycles. The topological polar surface area (TPSA) is 274 Å². The number of nitrogens with zero attached hydrogens (tertiary/aromatic N) is 3. The van der Waals surface area contributed by atoms with Crippen molar-refractivity contribution >= 4 is 28.0 Å². The fourth-order valence-corrected chi connectivity index (χ4v) is 3.45. The van der Waals surface area contributed by atoms with Gasteiger partial charge in [0.05, 0.1) is 25.2 Å². The van der Waals surface area contributed by atoms with Crippen molar-refractivity contribution in [3.05, 3.63) is 11.8 Å². The van der Waals surface area contributed by atoms with Gasteiger partial charge in [0, 0.05) is 13.0 Å². The van der Waals surface area contributed by atoms with Gasteiger partial charge < -0.3 is 37.1 Å². The lowest BCUT2D eigenvalue weighted by Gasteiger charge is -2.17. The maximum atomic E-state index is 12.0. The zero-order valence-corrected chi connectivity index (χ0v) is 18.4. The molecule has 0 bridgehead atoms. The number of guanidine groups is 1. The normalized spacial score (nSPS) is 15.4. The van der Waals surface area contributed by atoms with E-state index in [4.69, 9.17) is 26.7 Å². The van der Waals surface area contributed by atoms with Crippen molar-refractivity contribution in [2.45, 2.75) is 57.5 Å². The molecular formula is C15H29N9O7S. The van der Waals surface area contributed by atoms with E-state index >= 15 is 0 Å². The first kappa shape index (κ1) is 27.2. The lowest BCUT2D eigenvalue weighted by Crippen LogP contribution is -2.51. The van der Waals surface area contributed by atoms with Gasteiger partial charge in [-0.25, -0.2) is 0 Å². The molecule has 1 heterocycles. The number of hydrogen-bond acceptors (Lipinski definition) is 10. The molecule has 0 radical (unpaired) electrons. The Labute approximate surface area is 184 Å². The summed E-state index contributed by atoms with van der Waals surface area (Å²) in [6.45, 7) is 2.19. The van der Waals surface area contributed by atoms with Crippen LogP contribution in [0, 0.1) is 0 Å². The first-order chi connectivity index (χ1) is 14.8. The molecule has 1 amide bonds. The molecule has 4 atom stereocenters. The summed E-state index contributed by atoms with van der Waals surface area (Å²) in [6.07, 6.45) is -0.763. The number of amides is 1. The molecule has 17 heteroatoms. The number of aliphatic imine (C=N–C) groups is 1. The summed E-state index contributed by atoms with van der Waals surface area (Å²) in [4.78, 5) is 26.2. The summed E-state index contributed by atoms with van der Waals surface area (Å²) in [7, 11) is -4.30. The number of aliphatic carboxylic acids is 1. The Hall–Kier alpha value is -2.86. The van der Waals surface area contributed by atoms with Gasteiger partial charge in [-0.2, -0.15) is 17.9 Å². The molecule has 0 aliphatic heterocycles. The van der Waals surface area contributed by atoms with E-state index in [9.17, 15) is 23.1 Å². The summed E-state index contributed by atoms with van der Waals surface area (Å²) in [5.41, 5.74) is 16.6. The van der Waals surface area contributed by atoms with Crippen molar-refractivity contribution < 1.29 is 32.6 Å². The van der Waals surface area contributed by atoms with Crippen LogP contribution in [0.5, 0.6) is 0 Å². The number of hydrogen-bond donors (Lipinski definition) is 8. The standard InChI is InChI=1S/C15H29N9O7S/c1-7(25)12(14(27)28)24-32(29,30)20-6-11-22-23-13(31-11)10(16)4-3-9(21-8(2)26)5-19-15(17)18/h7,9-10,12,20,24-25H,3-6,16H2,1-2H3,(H,21,26)(H,27,28)(H4,17,18,19)/t7?,9?,10-,12-/m0/s1. The van der Waals surface area contributed by atoms with Crippen LogP contribution in [0.15, 0.2) is 9.41 Å². The minimum Gasteiger partial charge on any atom is -0.480 e. The first-order valence-electron chi connectivity index (χ1n) is 9.38. The van der Waals surface area contributed by atoms with Crippen LogP contribution >= 0.6 is 0 Å². The van der Waals surface area contributed by atoms with E-state index in [1.54, 1.807) is 4.72 Å². The van der Waals surface area contributed by atoms with Crippen molar-refractivity contribution in [1.29, 1.82) is 0 Å². The van der Waals surface area contributed by atoms with Crippen molar-refractivity contribution in [3.63, 3.8) is 0 Å². The summed E-state index contributed by atoms with van der Waals surface area (Å²) in [6, 6.07) is -2.83. The van der Waals surface area contributed by atoms with Crippen LogP contribution in [-0.2, 0) is 26.3 Å². The second-order valence-corrected chi connectivity index (χ2v) is 8.41. The molecule has 32 heavy (non-hydrogen) atoms. The Morgan fingerprint density at radius 3 is 2.44 bits per heavy atom. The largest absolute Gasteiger partial charge is 0.480 e. The Morgan fingerprint density at radius 2 is 1.91 bits per heavy atom. The van der Waals surface area contributed by atoms with Crippen LogP contribution < -0.4 is 32.0 Å². The molecule has 0 spiro atoms. The van der Waals surface area contributed by atoms with Crippen molar-refractivity contribution in [3.8, 4) is 0 Å². The van der Waals surface area contributed by atoms with E-state index < -0.39 is 40.9 Å². The molecule has 0 aliphatic carbocycles. The molecule has 16 nitrogen and oxygen atoms in total. The van der Waals surface area contributed by atoms with E-state index in [2.05, 4.69) is 20.5 Å². The van der Waals surface area contributed by atoms with Crippen molar-refractivity contribution in [2.24, 2.45) is 22.2 Å². The highest BCUT2D eigenvalue weighted by Gasteiger charge is 2.28. The minimum absolute atomic E-state index is 0.0305. The molecule has 1 aromatic heterocycles. The first-order valence-corrected chi connectivity index (χ1v) is 10.9. The number of nitrogens with one attached hydrogen (secondary N) is 3. The molecule has 1 rings (SSSR count). The van der Waals surface area contributed by atoms with Gasteiger partial charge in [0.2, 0.25) is 17.7 Å². The van der Waals surface area contributed by atoms with Gasteiger partial charge in [0.25, 0.3) is 10.2 Å². The van der Waals surface area contributed by atoms with E-state index in [1.165, 1.54) is 6.92 Å². The fraction of sp³-hybridized carbons (Fsp3) is 0.667.